The predicted molar refractivity (Wildman–Crippen MR) is 34.7 cm³/mol. The number of hydrogen-bond donors (Lipinski definition) is 0. The van der Waals surface area contributed by atoms with Gasteiger partial charge in [0.2, 0.25) is 5.82 Å². The first kappa shape index (κ1) is 6.16. The summed E-state index contributed by atoms with van der Waals surface area (Å²) in [5.41, 5.74) is 0. The number of pyridine rings is 1. The second kappa shape index (κ2) is 2.55. The lowest BCUT2D eigenvalue weighted by atomic mass is 10.5. The van der Waals surface area contributed by atoms with E-state index in [4.69, 9.17) is 11.6 Å². The zero-order chi connectivity index (χ0) is 6.69. The molecule has 0 N–H and O–H groups in total. The fourth-order valence-corrected chi connectivity index (χ4v) is 0.601. The largest absolute Gasteiger partial charge is 0.233 e. The van der Waals surface area contributed by atoms with E-state index in [1.165, 1.54) is 6.20 Å². The van der Waals surface area contributed by atoms with Crippen LogP contribution in [0.5, 0.6) is 0 Å². The molecular formula is C5H3ClN2O. The van der Waals surface area contributed by atoms with Crippen LogP contribution in [-0.2, 0) is 0 Å². The Balaban J connectivity index is 3.15. The number of nitrogens with zero attached hydrogens (tertiary/aromatic N) is 2. The van der Waals surface area contributed by atoms with Crippen molar-refractivity contribution in [1.82, 2.24) is 4.98 Å². The lowest BCUT2D eigenvalue weighted by molar-refractivity contribution is 1.27. The molecule has 3 nitrogen and oxygen atoms in total. The van der Waals surface area contributed by atoms with Crippen LogP contribution in [-0.4, -0.2) is 4.98 Å². The fourth-order valence-electron chi connectivity index (χ4n) is 0.445. The van der Waals surface area contributed by atoms with E-state index in [1.54, 1.807) is 12.1 Å². The molecule has 0 saturated carbocycles. The van der Waals surface area contributed by atoms with Gasteiger partial charge in [-0.2, -0.15) is 0 Å². The highest BCUT2D eigenvalue weighted by Crippen LogP contribution is 2.19. The minimum Gasteiger partial charge on any atom is -0.233 e. The number of hydrogen-bond acceptors (Lipinski definition) is 3. The minimum absolute atomic E-state index is 0.0409. The maximum absolute atomic E-state index is 9.83. The molecule has 1 heterocycles. The molecule has 1 rings (SSSR count). The fraction of sp³-hybridized carbons (Fsp3) is 0. The molecule has 0 aliphatic heterocycles. The van der Waals surface area contributed by atoms with E-state index in [-0.39, 0.29) is 10.8 Å². The highest BCUT2D eigenvalue weighted by atomic mass is 35.5. The van der Waals surface area contributed by atoms with Crippen LogP contribution < -0.4 is 0 Å². The van der Waals surface area contributed by atoms with Crippen LogP contribution in [0.25, 0.3) is 0 Å². The number of aromatic nitrogens is 1. The molecule has 0 amide bonds. The van der Waals surface area contributed by atoms with Crippen LogP contribution >= 0.6 is 11.6 Å². The molecular weight excluding hydrogens is 140 g/mol. The summed E-state index contributed by atoms with van der Waals surface area (Å²) >= 11 is 5.47. The molecule has 1 aromatic heterocycles. The van der Waals surface area contributed by atoms with Crippen LogP contribution in [0.3, 0.4) is 0 Å². The highest BCUT2D eigenvalue weighted by Gasteiger charge is 1.96. The molecule has 9 heavy (non-hydrogen) atoms. The molecule has 0 saturated heterocycles. The lowest BCUT2D eigenvalue weighted by Gasteiger charge is -1.87. The molecule has 0 aromatic carbocycles. The summed E-state index contributed by atoms with van der Waals surface area (Å²) in [5.74, 6) is 0.0409. The summed E-state index contributed by atoms with van der Waals surface area (Å²) in [6, 6.07) is 3.20. The first-order chi connectivity index (χ1) is 4.34. The van der Waals surface area contributed by atoms with Crippen molar-refractivity contribution >= 4 is 17.4 Å². The van der Waals surface area contributed by atoms with Gasteiger partial charge < -0.3 is 0 Å². The lowest BCUT2D eigenvalue weighted by Crippen LogP contribution is -1.70. The maximum Gasteiger partial charge on any atom is 0.215 e. The quantitative estimate of drug-likeness (QED) is 0.564. The van der Waals surface area contributed by atoms with Crippen LogP contribution in [0.4, 0.5) is 5.82 Å². The molecule has 0 aliphatic rings. The summed E-state index contributed by atoms with van der Waals surface area (Å²) in [4.78, 5) is 13.4. The van der Waals surface area contributed by atoms with Crippen LogP contribution in [0.15, 0.2) is 23.5 Å². The Kier molecular flexibility index (Phi) is 1.75. The monoisotopic (exact) mass is 142 g/mol. The van der Waals surface area contributed by atoms with E-state index < -0.39 is 0 Å². The summed E-state index contributed by atoms with van der Waals surface area (Å²) in [6.07, 6.45) is 1.46. The molecule has 0 aliphatic carbocycles. The molecule has 0 spiro atoms. The normalized spacial score (nSPS) is 9.00. The van der Waals surface area contributed by atoms with Crippen molar-refractivity contribution in [1.29, 1.82) is 0 Å². The molecule has 0 fully saturated rings. The zero-order valence-corrected chi connectivity index (χ0v) is 5.17. The van der Waals surface area contributed by atoms with Crippen molar-refractivity contribution in [2.24, 2.45) is 5.18 Å². The Bertz CT molecular complexity index is 226. The van der Waals surface area contributed by atoms with E-state index >= 15 is 0 Å². The van der Waals surface area contributed by atoms with Crippen molar-refractivity contribution in [3.8, 4) is 0 Å². The summed E-state index contributed by atoms with van der Waals surface area (Å²) in [6.45, 7) is 0. The molecule has 0 atom stereocenters. The molecule has 0 unspecified atom stereocenters. The van der Waals surface area contributed by atoms with Crippen molar-refractivity contribution in [2.75, 3.05) is 0 Å². The molecule has 46 valence electrons. The first-order valence-corrected chi connectivity index (χ1v) is 2.66. The first-order valence-electron chi connectivity index (χ1n) is 2.28. The summed E-state index contributed by atoms with van der Waals surface area (Å²) < 4.78 is 0. The minimum atomic E-state index is 0.0409. The van der Waals surface area contributed by atoms with Crippen LogP contribution in [0, 0.1) is 4.91 Å². The summed E-state index contributed by atoms with van der Waals surface area (Å²) in [5, 5.41) is 2.86. The van der Waals surface area contributed by atoms with Crippen molar-refractivity contribution in [3.05, 3.63) is 28.3 Å². The van der Waals surface area contributed by atoms with Crippen molar-refractivity contribution in [3.63, 3.8) is 0 Å². The van der Waals surface area contributed by atoms with Crippen molar-refractivity contribution < 1.29 is 0 Å². The highest BCUT2D eigenvalue weighted by molar-refractivity contribution is 6.32. The van der Waals surface area contributed by atoms with Gasteiger partial charge in [0.1, 0.15) is 0 Å². The average Bonchev–Trinajstić information content (AvgIpc) is 1.89. The third-order valence-corrected chi connectivity index (χ3v) is 1.12. The SMILES string of the molecule is O=Nc1ncccc1Cl. The van der Waals surface area contributed by atoms with E-state index in [9.17, 15) is 4.91 Å². The van der Waals surface area contributed by atoms with Gasteiger partial charge >= 0.3 is 0 Å². The van der Waals surface area contributed by atoms with Gasteiger partial charge in [-0.25, -0.2) is 4.98 Å². The average molecular weight is 143 g/mol. The standard InChI is InChI=1S/C5H3ClN2O/c6-4-2-1-3-7-5(4)8-9/h1-3H. The van der Waals surface area contributed by atoms with E-state index in [0.717, 1.165) is 0 Å². The van der Waals surface area contributed by atoms with Gasteiger partial charge in [0.15, 0.2) is 0 Å². The van der Waals surface area contributed by atoms with Gasteiger partial charge in [-0.05, 0) is 17.3 Å². The predicted octanol–water partition coefficient (Wildman–Crippen LogP) is 2.13. The Morgan fingerprint density at radius 2 is 2.44 bits per heavy atom. The van der Waals surface area contributed by atoms with Gasteiger partial charge in [0, 0.05) is 6.20 Å². The van der Waals surface area contributed by atoms with Gasteiger partial charge in [-0.1, -0.05) is 11.6 Å². The van der Waals surface area contributed by atoms with E-state index in [1.807, 2.05) is 0 Å². The number of halogens is 1. The second-order valence-corrected chi connectivity index (χ2v) is 1.81. The molecule has 0 bridgehead atoms. The van der Waals surface area contributed by atoms with Gasteiger partial charge in [-0.15, -0.1) is 4.91 Å². The van der Waals surface area contributed by atoms with Crippen LogP contribution in [0.2, 0.25) is 5.02 Å². The number of nitroso groups, excluding NO2 is 1. The maximum atomic E-state index is 9.83. The topological polar surface area (TPSA) is 42.3 Å². The second-order valence-electron chi connectivity index (χ2n) is 1.40. The summed E-state index contributed by atoms with van der Waals surface area (Å²) in [7, 11) is 0. The van der Waals surface area contributed by atoms with Gasteiger partial charge in [-0.3, -0.25) is 0 Å². The zero-order valence-electron chi connectivity index (χ0n) is 4.41. The Hall–Kier alpha value is -0.960. The van der Waals surface area contributed by atoms with E-state index in [2.05, 4.69) is 10.2 Å². The van der Waals surface area contributed by atoms with Gasteiger partial charge in [0.25, 0.3) is 0 Å². The Labute approximate surface area is 56.6 Å². The molecule has 4 heteroatoms. The van der Waals surface area contributed by atoms with Crippen LogP contribution in [0.1, 0.15) is 0 Å². The molecule has 0 radical (unpaired) electrons. The molecule has 1 aromatic rings. The third-order valence-electron chi connectivity index (χ3n) is 0.826. The van der Waals surface area contributed by atoms with Gasteiger partial charge in [0.05, 0.1) is 5.02 Å². The smallest absolute Gasteiger partial charge is 0.215 e. The Morgan fingerprint density at radius 3 is 2.89 bits per heavy atom. The third kappa shape index (κ3) is 1.23. The number of rotatable bonds is 1. The van der Waals surface area contributed by atoms with Crippen molar-refractivity contribution in [2.45, 2.75) is 0 Å². The van der Waals surface area contributed by atoms with E-state index in [0.29, 0.717) is 0 Å². The Morgan fingerprint density at radius 1 is 1.67 bits per heavy atom.